The van der Waals surface area contributed by atoms with Crippen LogP contribution in [0.1, 0.15) is 34.8 Å². The van der Waals surface area contributed by atoms with E-state index in [4.69, 9.17) is 0 Å². The van der Waals surface area contributed by atoms with E-state index >= 15 is 0 Å². The van der Waals surface area contributed by atoms with Crippen LogP contribution in [0.3, 0.4) is 0 Å². The van der Waals surface area contributed by atoms with Gasteiger partial charge < -0.3 is 19.9 Å². The van der Waals surface area contributed by atoms with Crippen LogP contribution in [-0.4, -0.2) is 82.6 Å². The zero-order chi connectivity index (χ0) is 30.8. The molecule has 0 atom stereocenters. The Morgan fingerprint density at radius 2 is 1.02 bits per heavy atom. The standard InChI is InChI=1S/2C14H11FN2O4.Ba/c2*1-8(18)21-17-14(20)13-12(19)6-10(7-16-13)9-3-2-4-11(15)5-9;/h2*2-7,19H,1H3,(H,17,20);/q;;+2/p-2. The summed E-state index contributed by atoms with van der Waals surface area (Å²) in [5.41, 5.74) is 4.44. The fraction of sp³-hybridized carbons (Fsp3) is 0.0714. The number of hydroxylamine groups is 2. The number of nitrogens with zero attached hydrogens (tertiary/aromatic N) is 2. The molecule has 0 saturated carbocycles. The van der Waals surface area contributed by atoms with Gasteiger partial charge in [-0.1, -0.05) is 47.9 Å². The van der Waals surface area contributed by atoms with E-state index < -0.39 is 58.3 Å². The molecular formula is C28H20BaF2N4O8. The number of hydrogen-bond acceptors (Lipinski definition) is 10. The molecule has 0 aliphatic heterocycles. The van der Waals surface area contributed by atoms with Gasteiger partial charge in [-0.3, -0.25) is 29.1 Å². The minimum Gasteiger partial charge on any atom is -0.871 e. The number of hydrogen-bond donors (Lipinski definition) is 2. The van der Waals surface area contributed by atoms with Crippen LogP contribution in [0.25, 0.3) is 22.3 Å². The summed E-state index contributed by atoms with van der Waals surface area (Å²) in [6.45, 7) is 2.19. The summed E-state index contributed by atoms with van der Waals surface area (Å²) in [4.78, 5) is 60.3. The molecule has 0 aliphatic rings. The average Bonchev–Trinajstić information content (AvgIpc) is 2.95. The molecule has 15 heteroatoms. The zero-order valence-electron chi connectivity index (χ0n) is 22.6. The van der Waals surface area contributed by atoms with E-state index in [1.54, 1.807) is 23.1 Å². The first-order chi connectivity index (χ1) is 19.9. The molecule has 0 radical (unpaired) electrons. The van der Waals surface area contributed by atoms with Gasteiger partial charge in [-0.2, -0.15) is 11.0 Å². The first-order valence-corrected chi connectivity index (χ1v) is 11.8. The van der Waals surface area contributed by atoms with Crippen LogP contribution in [0.15, 0.2) is 73.1 Å². The molecule has 0 bridgehead atoms. The predicted octanol–water partition coefficient (Wildman–Crippen LogP) is 1.96. The molecule has 12 nitrogen and oxygen atoms in total. The third kappa shape index (κ3) is 10.5. The van der Waals surface area contributed by atoms with E-state index in [0.717, 1.165) is 26.0 Å². The molecule has 0 saturated heterocycles. The van der Waals surface area contributed by atoms with Gasteiger partial charge in [-0.25, -0.2) is 8.78 Å². The Balaban J connectivity index is 0.000000293. The maximum atomic E-state index is 13.1. The van der Waals surface area contributed by atoms with Crippen LogP contribution in [0.2, 0.25) is 0 Å². The van der Waals surface area contributed by atoms with E-state index in [-0.39, 0.29) is 48.9 Å². The second kappa shape index (κ2) is 16.3. The number of benzene rings is 2. The molecule has 0 fully saturated rings. The van der Waals surface area contributed by atoms with E-state index in [9.17, 15) is 38.2 Å². The van der Waals surface area contributed by atoms with Crippen molar-refractivity contribution in [3.63, 3.8) is 0 Å². The molecule has 43 heavy (non-hydrogen) atoms. The second-order valence-electron chi connectivity index (χ2n) is 8.21. The first-order valence-electron chi connectivity index (χ1n) is 11.8. The van der Waals surface area contributed by atoms with Crippen molar-refractivity contribution in [3.05, 3.63) is 96.1 Å². The summed E-state index contributed by atoms with van der Waals surface area (Å²) in [6.07, 6.45) is 2.53. The Morgan fingerprint density at radius 3 is 1.33 bits per heavy atom. The number of carbonyl (C=O) groups is 4. The molecule has 4 aromatic rings. The van der Waals surface area contributed by atoms with Crippen LogP contribution in [0, 0.1) is 11.6 Å². The summed E-state index contributed by atoms with van der Waals surface area (Å²) in [5, 5.41) is 23.7. The van der Waals surface area contributed by atoms with Crippen LogP contribution < -0.4 is 21.2 Å². The van der Waals surface area contributed by atoms with Crippen molar-refractivity contribution in [3.8, 4) is 33.8 Å². The van der Waals surface area contributed by atoms with Gasteiger partial charge in [-0.05, 0) is 46.5 Å². The number of pyridine rings is 2. The van der Waals surface area contributed by atoms with Crippen molar-refractivity contribution in [1.29, 1.82) is 0 Å². The van der Waals surface area contributed by atoms with Crippen LogP contribution in [-0.2, 0) is 19.3 Å². The molecule has 2 heterocycles. The van der Waals surface area contributed by atoms with Crippen LogP contribution >= 0.6 is 0 Å². The zero-order valence-corrected chi connectivity index (χ0v) is 27.0. The maximum absolute atomic E-state index is 13.1. The van der Waals surface area contributed by atoms with E-state index in [2.05, 4.69) is 19.6 Å². The fourth-order valence-electron chi connectivity index (χ4n) is 3.22. The minimum atomic E-state index is -0.930. The fourth-order valence-corrected chi connectivity index (χ4v) is 3.22. The van der Waals surface area contributed by atoms with Gasteiger partial charge in [0.25, 0.3) is 0 Å². The van der Waals surface area contributed by atoms with E-state index in [0.29, 0.717) is 22.3 Å². The number of nitrogens with one attached hydrogen (secondary N) is 2. The molecule has 2 aromatic heterocycles. The molecule has 2 N–H and O–H groups in total. The van der Waals surface area contributed by atoms with Gasteiger partial charge in [0.1, 0.15) is 23.0 Å². The van der Waals surface area contributed by atoms with Crippen molar-refractivity contribution >= 4 is 72.6 Å². The number of carbonyl (C=O) groups excluding carboxylic acids is 4. The third-order valence-corrected chi connectivity index (χ3v) is 5.03. The Bertz CT molecular complexity index is 1530. The number of rotatable bonds is 4. The van der Waals surface area contributed by atoms with E-state index in [1.807, 2.05) is 0 Å². The summed E-state index contributed by atoms with van der Waals surface area (Å²) >= 11 is 0. The van der Waals surface area contributed by atoms with Gasteiger partial charge in [0.15, 0.2) is 0 Å². The first kappa shape index (κ1) is 34.9. The van der Waals surface area contributed by atoms with Gasteiger partial charge in [0, 0.05) is 26.2 Å². The maximum Gasteiger partial charge on any atom is 2.00 e. The van der Waals surface area contributed by atoms with Gasteiger partial charge in [0.05, 0.1) is 0 Å². The monoisotopic (exact) mass is 716 g/mol. The Kier molecular flexibility index (Phi) is 13.2. The Hall–Kier alpha value is -4.35. The van der Waals surface area contributed by atoms with Gasteiger partial charge in [0.2, 0.25) is 0 Å². The summed E-state index contributed by atoms with van der Waals surface area (Å²) in [6, 6.07) is 13.6. The van der Waals surface area contributed by atoms with Crippen molar-refractivity contribution in [2.75, 3.05) is 0 Å². The molecule has 0 unspecified atom stereocenters. The topological polar surface area (TPSA) is 183 Å². The molecule has 2 amide bonds. The van der Waals surface area contributed by atoms with Crippen molar-refractivity contribution in [1.82, 2.24) is 20.9 Å². The predicted molar refractivity (Wildman–Crippen MR) is 142 cm³/mol. The molecular weight excluding hydrogens is 696 g/mol. The largest absolute Gasteiger partial charge is 2.00 e. The SMILES string of the molecule is CC(=O)ONC(=O)c1ncc(-c2cccc(F)c2)cc1[O-].CC(=O)ONC(=O)c1ncc(-c2cccc(F)c2)cc1[O-].[Ba+2]. The Labute approximate surface area is 283 Å². The quantitative estimate of drug-likeness (QED) is 0.234. The van der Waals surface area contributed by atoms with Gasteiger partial charge in [-0.15, -0.1) is 0 Å². The normalized spacial score (nSPS) is 9.77. The van der Waals surface area contributed by atoms with E-state index in [1.165, 1.54) is 48.8 Å². The van der Waals surface area contributed by atoms with Crippen LogP contribution in [0.5, 0.6) is 11.5 Å². The molecule has 0 spiro atoms. The summed E-state index contributed by atoms with van der Waals surface area (Å²) in [5.74, 6) is -5.54. The molecule has 0 aliphatic carbocycles. The van der Waals surface area contributed by atoms with Crippen molar-refractivity contribution in [2.45, 2.75) is 13.8 Å². The molecule has 216 valence electrons. The smallest absolute Gasteiger partial charge is 0.871 e. The van der Waals surface area contributed by atoms with Gasteiger partial charge >= 0.3 is 72.6 Å². The molecule has 2 aromatic carbocycles. The van der Waals surface area contributed by atoms with Crippen molar-refractivity contribution < 1.29 is 47.8 Å². The van der Waals surface area contributed by atoms with Crippen LogP contribution in [0.4, 0.5) is 8.78 Å². The van der Waals surface area contributed by atoms with Crippen molar-refractivity contribution in [2.24, 2.45) is 0 Å². The summed E-state index contributed by atoms with van der Waals surface area (Å²) < 4.78 is 26.3. The molecule has 4 rings (SSSR count). The average molecular weight is 716 g/mol. The number of halogens is 2. The number of amides is 2. The summed E-state index contributed by atoms with van der Waals surface area (Å²) in [7, 11) is 0. The minimum absolute atomic E-state index is 0. The number of aromatic nitrogens is 2. The Morgan fingerprint density at radius 1 is 0.651 bits per heavy atom. The third-order valence-electron chi connectivity index (χ3n) is 5.03. The second-order valence-corrected chi connectivity index (χ2v) is 8.21.